The maximum Gasteiger partial charge on any atom is 0.159 e. The fourth-order valence-corrected chi connectivity index (χ4v) is 1.63. The molecule has 3 heteroatoms. The van der Waals surface area contributed by atoms with Gasteiger partial charge in [0.15, 0.2) is 5.78 Å². The monoisotopic (exact) mass is 251 g/mol. The van der Waals surface area contributed by atoms with Gasteiger partial charge in [-0.3, -0.25) is 4.79 Å². The molecular weight excluding hydrogens is 238 g/mol. The first kappa shape index (κ1) is 12.8. The smallest absolute Gasteiger partial charge is 0.159 e. The minimum absolute atomic E-state index is 0.0404. The third kappa shape index (κ3) is 3.43. The van der Waals surface area contributed by atoms with Crippen LogP contribution in [0.15, 0.2) is 48.5 Å². The molecule has 0 saturated heterocycles. The molecule has 0 aliphatic heterocycles. The lowest BCUT2D eigenvalue weighted by molar-refractivity contribution is 0.101. The number of Topliss-reactive ketones (excluding diaryl/α,β-unsaturated/α-hetero) is 1. The number of rotatable bonds is 4. The molecule has 2 rings (SSSR count). The summed E-state index contributed by atoms with van der Waals surface area (Å²) in [6.45, 7) is 1.97. The Morgan fingerprint density at radius 2 is 1.74 bits per heavy atom. The molecule has 0 unspecified atom stereocenters. The highest BCUT2D eigenvalue weighted by Gasteiger charge is 2.00. The Morgan fingerprint density at radius 1 is 1.11 bits per heavy atom. The minimum Gasteiger partial charge on any atom is -0.489 e. The van der Waals surface area contributed by atoms with Crippen molar-refractivity contribution in [1.29, 1.82) is 5.26 Å². The van der Waals surface area contributed by atoms with E-state index in [1.54, 1.807) is 36.4 Å². The number of benzene rings is 2. The van der Waals surface area contributed by atoms with E-state index in [4.69, 9.17) is 10.00 Å². The van der Waals surface area contributed by atoms with E-state index >= 15 is 0 Å². The van der Waals surface area contributed by atoms with Gasteiger partial charge in [0.05, 0.1) is 11.6 Å². The number of hydrogen-bond acceptors (Lipinski definition) is 3. The van der Waals surface area contributed by atoms with E-state index < -0.39 is 0 Å². The predicted molar refractivity (Wildman–Crippen MR) is 71.9 cm³/mol. The van der Waals surface area contributed by atoms with Gasteiger partial charge >= 0.3 is 0 Å². The Labute approximate surface area is 112 Å². The summed E-state index contributed by atoms with van der Waals surface area (Å²) in [5, 5.41) is 8.70. The van der Waals surface area contributed by atoms with Gasteiger partial charge in [-0.05, 0) is 48.9 Å². The molecule has 2 aromatic carbocycles. The van der Waals surface area contributed by atoms with Gasteiger partial charge in [0, 0.05) is 5.56 Å². The Hall–Kier alpha value is -2.60. The number of nitrogens with zero attached hydrogens (tertiary/aromatic N) is 1. The zero-order chi connectivity index (χ0) is 13.7. The van der Waals surface area contributed by atoms with Gasteiger partial charge < -0.3 is 4.74 Å². The fourth-order valence-electron chi connectivity index (χ4n) is 1.63. The average molecular weight is 251 g/mol. The van der Waals surface area contributed by atoms with E-state index in [1.165, 1.54) is 6.92 Å². The molecule has 3 nitrogen and oxygen atoms in total. The van der Waals surface area contributed by atoms with Crippen LogP contribution in [0.3, 0.4) is 0 Å². The summed E-state index contributed by atoms with van der Waals surface area (Å²) in [7, 11) is 0. The summed E-state index contributed by atoms with van der Waals surface area (Å²) in [6.07, 6.45) is 0. The number of carbonyl (C=O) groups is 1. The van der Waals surface area contributed by atoms with Crippen molar-refractivity contribution >= 4 is 5.78 Å². The summed E-state index contributed by atoms with van der Waals surface area (Å²) in [5.74, 6) is 0.757. The predicted octanol–water partition coefficient (Wildman–Crippen LogP) is 3.34. The third-order valence-corrected chi connectivity index (χ3v) is 2.75. The largest absolute Gasteiger partial charge is 0.489 e. The Kier molecular flexibility index (Phi) is 3.94. The molecule has 0 amide bonds. The van der Waals surface area contributed by atoms with Gasteiger partial charge in [-0.15, -0.1) is 0 Å². The zero-order valence-electron chi connectivity index (χ0n) is 10.6. The Bertz CT molecular complexity index is 607. The van der Waals surface area contributed by atoms with E-state index in [9.17, 15) is 4.79 Å². The standard InChI is InChI=1S/C16H13NO2/c1-12(18)15-6-8-16(9-7-15)19-11-14-4-2-13(10-17)3-5-14/h2-9H,11H2,1H3. The van der Waals surface area contributed by atoms with Crippen molar-refractivity contribution in [3.05, 3.63) is 65.2 Å². The van der Waals surface area contributed by atoms with Crippen LogP contribution in [0.1, 0.15) is 28.4 Å². The van der Waals surface area contributed by atoms with Crippen LogP contribution in [0.4, 0.5) is 0 Å². The molecule has 0 radical (unpaired) electrons. The van der Waals surface area contributed by atoms with E-state index in [0.717, 1.165) is 5.56 Å². The summed E-state index contributed by atoms with van der Waals surface area (Å²) >= 11 is 0. The molecule has 0 aliphatic carbocycles. The number of ether oxygens (including phenoxy) is 1. The van der Waals surface area contributed by atoms with Gasteiger partial charge in [0.2, 0.25) is 0 Å². The van der Waals surface area contributed by atoms with Crippen LogP contribution in [-0.2, 0) is 6.61 Å². The normalized spacial score (nSPS) is 9.68. The molecule has 19 heavy (non-hydrogen) atoms. The van der Waals surface area contributed by atoms with Crippen molar-refractivity contribution in [2.45, 2.75) is 13.5 Å². The molecule has 0 fully saturated rings. The van der Waals surface area contributed by atoms with E-state index in [1.807, 2.05) is 12.1 Å². The van der Waals surface area contributed by atoms with Crippen LogP contribution in [0.25, 0.3) is 0 Å². The van der Waals surface area contributed by atoms with Crippen molar-refractivity contribution in [2.75, 3.05) is 0 Å². The van der Waals surface area contributed by atoms with Crippen molar-refractivity contribution < 1.29 is 9.53 Å². The number of hydrogen-bond donors (Lipinski definition) is 0. The molecule has 0 N–H and O–H groups in total. The number of ketones is 1. The Morgan fingerprint density at radius 3 is 2.26 bits per heavy atom. The first-order valence-electron chi connectivity index (χ1n) is 5.92. The second kappa shape index (κ2) is 5.83. The van der Waals surface area contributed by atoms with Crippen molar-refractivity contribution in [3.8, 4) is 11.8 Å². The van der Waals surface area contributed by atoms with Crippen molar-refractivity contribution in [3.63, 3.8) is 0 Å². The second-order valence-corrected chi connectivity index (χ2v) is 4.18. The molecule has 0 bridgehead atoms. The minimum atomic E-state index is 0.0404. The maximum absolute atomic E-state index is 11.1. The summed E-state index contributed by atoms with van der Waals surface area (Å²) in [5.41, 5.74) is 2.30. The summed E-state index contributed by atoms with van der Waals surface area (Å²) in [4.78, 5) is 11.1. The third-order valence-electron chi connectivity index (χ3n) is 2.75. The molecule has 94 valence electrons. The summed E-state index contributed by atoms with van der Waals surface area (Å²) in [6, 6.07) is 16.4. The highest BCUT2D eigenvalue weighted by atomic mass is 16.5. The summed E-state index contributed by atoms with van der Waals surface area (Å²) < 4.78 is 5.61. The van der Waals surface area contributed by atoms with Crippen LogP contribution in [0.5, 0.6) is 5.75 Å². The molecule has 0 heterocycles. The molecule has 0 spiro atoms. The van der Waals surface area contributed by atoms with Gasteiger partial charge in [-0.2, -0.15) is 5.26 Å². The van der Waals surface area contributed by atoms with Crippen LogP contribution >= 0.6 is 0 Å². The van der Waals surface area contributed by atoms with Gasteiger partial charge in [-0.25, -0.2) is 0 Å². The lowest BCUT2D eigenvalue weighted by atomic mass is 10.1. The highest BCUT2D eigenvalue weighted by Crippen LogP contribution is 2.14. The van der Waals surface area contributed by atoms with Crippen molar-refractivity contribution in [2.24, 2.45) is 0 Å². The molecule has 2 aromatic rings. The van der Waals surface area contributed by atoms with Crippen LogP contribution in [0, 0.1) is 11.3 Å². The van der Waals surface area contributed by atoms with Crippen LogP contribution < -0.4 is 4.74 Å². The quantitative estimate of drug-likeness (QED) is 0.783. The van der Waals surface area contributed by atoms with E-state index in [2.05, 4.69) is 6.07 Å². The lowest BCUT2D eigenvalue weighted by Gasteiger charge is -2.06. The molecule has 0 atom stereocenters. The van der Waals surface area contributed by atoms with Gasteiger partial charge in [-0.1, -0.05) is 12.1 Å². The van der Waals surface area contributed by atoms with Gasteiger partial charge in [0.25, 0.3) is 0 Å². The number of carbonyl (C=O) groups excluding carboxylic acids is 1. The topological polar surface area (TPSA) is 50.1 Å². The van der Waals surface area contributed by atoms with Crippen LogP contribution in [0.2, 0.25) is 0 Å². The first-order chi connectivity index (χ1) is 9.19. The Balaban J connectivity index is 1.98. The molecule has 0 aromatic heterocycles. The lowest BCUT2D eigenvalue weighted by Crippen LogP contribution is -1.96. The highest BCUT2D eigenvalue weighted by molar-refractivity contribution is 5.94. The van der Waals surface area contributed by atoms with Crippen molar-refractivity contribution in [1.82, 2.24) is 0 Å². The van der Waals surface area contributed by atoms with E-state index in [-0.39, 0.29) is 5.78 Å². The first-order valence-corrected chi connectivity index (χ1v) is 5.92. The van der Waals surface area contributed by atoms with E-state index in [0.29, 0.717) is 23.5 Å². The van der Waals surface area contributed by atoms with Gasteiger partial charge in [0.1, 0.15) is 12.4 Å². The number of nitriles is 1. The van der Waals surface area contributed by atoms with Crippen LogP contribution in [-0.4, -0.2) is 5.78 Å². The molecule has 0 saturated carbocycles. The zero-order valence-corrected chi connectivity index (χ0v) is 10.6. The maximum atomic E-state index is 11.1. The SMILES string of the molecule is CC(=O)c1ccc(OCc2ccc(C#N)cc2)cc1. The molecular formula is C16H13NO2. The fraction of sp³-hybridized carbons (Fsp3) is 0.125. The molecule has 0 aliphatic rings. The second-order valence-electron chi connectivity index (χ2n) is 4.18. The average Bonchev–Trinajstić information content (AvgIpc) is 2.46.